The first-order chi connectivity index (χ1) is 28.3. The molecule has 0 saturated heterocycles. The minimum absolute atomic E-state index is 0.158. The second-order valence-electron chi connectivity index (χ2n) is 14.7. The molecule has 316 valence electrons. The SMILES string of the molecule is CCc1ccccc1C[NH2+]Cc1ccccc1CC.Cc1cc(F)c([B-](c2c(F)cc(C)c(F)c2F)(c2c(F)cc(C)c(F)c2F)c2c(F)cc(C)c(F)c2F)c(F)c1F. The molecule has 6 aromatic carbocycles. The normalized spacial score (nSPS) is 11.5. The van der Waals surface area contributed by atoms with Gasteiger partial charge in [0.25, 0.3) is 0 Å². The standard InChI is InChI=1S/C28H16BF12.C18H23N/c1-9-5-13(30)17(25(38)21(9)34)29(18-14(31)6-10(2)22(35)26(18)39,19-15(32)7-11(3)23(36)27(19)40)20-16(33)8-12(4)24(37)28(20)41;1-3-15-9-5-7-11-17(15)13-19-14-18-12-8-6-10-16(18)4-2/h5-8H,1-4H3;5-12,19H,3-4,13-14H2,1-2H3/q-1;/p+1. The highest BCUT2D eigenvalue weighted by molar-refractivity contribution is 7.20. The minimum Gasteiger partial charge on any atom is -0.339 e. The average molecular weight is 846 g/mol. The summed E-state index contributed by atoms with van der Waals surface area (Å²) < 4.78 is 186. The molecule has 0 heterocycles. The van der Waals surface area contributed by atoms with Crippen molar-refractivity contribution in [2.24, 2.45) is 0 Å². The summed E-state index contributed by atoms with van der Waals surface area (Å²) in [5, 5.41) is 2.41. The molecule has 0 aliphatic heterocycles. The zero-order chi connectivity index (χ0) is 44.4. The molecule has 0 fully saturated rings. The third-order valence-electron chi connectivity index (χ3n) is 11.0. The van der Waals surface area contributed by atoms with Gasteiger partial charge >= 0.3 is 0 Å². The van der Waals surface area contributed by atoms with Crippen LogP contribution in [-0.2, 0) is 25.9 Å². The number of nitrogens with two attached hydrogens (primary N) is 1. The second-order valence-corrected chi connectivity index (χ2v) is 14.7. The highest BCUT2D eigenvalue weighted by atomic mass is 19.2. The molecule has 14 heteroatoms. The maximum Gasteiger partial charge on any atom is 0.158 e. The molecule has 0 aliphatic carbocycles. The van der Waals surface area contributed by atoms with E-state index in [-0.39, 0.29) is 24.3 Å². The molecular formula is C46H40BF12N. The lowest BCUT2D eigenvalue weighted by Gasteiger charge is -2.45. The van der Waals surface area contributed by atoms with E-state index in [4.69, 9.17) is 0 Å². The van der Waals surface area contributed by atoms with Gasteiger partial charge in [-0.15, -0.1) is 21.9 Å². The molecule has 0 unspecified atom stereocenters. The van der Waals surface area contributed by atoms with Gasteiger partial charge in [-0.3, -0.25) is 0 Å². The Labute approximate surface area is 340 Å². The lowest BCUT2D eigenvalue weighted by molar-refractivity contribution is -0.686. The van der Waals surface area contributed by atoms with Crippen molar-refractivity contribution in [3.8, 4) is 0 Å². The number of aryl methyl sites for hydroxylation is 6. The van der Waals surface area contributed by atoms with Crippen molar-refractivity contribution in [3.05, 3.63) is 187 Å². The Morgan fingerprint density at radius 2 is 0.600 bits per heavy atom. The summed E-state index contributed by atoms with van der Waals surface area (Å²) in [7, 11) is 0. The van der Waals surface area contributed by atoms with E-state index in [9.17, 15) is 17.6 Å². The highest BCUT2D eigenvalue weighted by Crippen LogP contribution is 2.28. The van der Waals surface area contributed by atoms with Gasteiger partial charge in [-0.1, -0.05) is 62.4 Å². The van der Waals surface area contributed by atoms with Gasteiger partial charge < -0.3 is 5.32 Å². The number of benzene rings is 6. The number of quaternary nitrogens is 1. The molecule has 0 saturated carbocycles. The fourth-order valence-corrected chi connectivity index (χ4v) is 7.95. The molecule has 0 aromatic heterocycles. The molecule has 0 atom stereocenters. The summed E-state index contributed by atoms with van der Waals surface area (Å²) in [6.45, 7) is 9.79. The third-order valence-corrected chi connectivity index (χ3v) is 11.0. The van der Waals surface area contributed by atoms with Gasteiger partial charge in [-0.2, -0.15) is 0 Å². The van der Waals surface area contributed by atoms with Gasteiger partial charge in [0.15, 0.2) is 23.3 Å². The van der Waals surface area contributed by atoms with Crippen LogP contribution in [0, 0.1) is 97.5 Å². The summed E-state index contributed by atoms with van der Waals surface area (Å²) in [6.07, 6.45) is -3.27. The van der Waals surface area contributed by atoms with Gasteiger partial charge in [0.1, 0.15) is 42.5 Å². The van der Waals surface area contributed by atoms with Crippen LogP contribution in [0.25, 0.3) is 0 Å². The lowest BCUT2D eigenvalue weighted by atomic mass is 9.12. The quantitative estimate of drug-likeness (QED) is 0.0806. The Kier molecular flexibility index (Phi) is 14.0. The minimum atomic E-state index is -5.51. The Bertz CT molecular complexity index is 2280. The zero-order valence-corrected chi connectivity index (χ0v) is 33.4. The summed E-state index contributed by atoms with van der Waals surface area (Å²) in [6, 6.07) is 18.2. The predicted molar refractivity (Wildman–Crippen MR) is 209 cm³/mol. The van der Waals surface area contributed by atoms with E-state index in [1.165, 1.54) is 22.3 Å². The molecule has 2 N–H and O–H groups in total. The van der Waals surface area contributed by atoms with Crippen molar-refractivity contribution in [1.29, 1.82) is 0 Å². The van der Waals surface area contributed by atoms with E-state index in [2.05, 4.69) is 67.7 Å². The summed E-state index contributed by atoms with van der Waals surface area (Å²) >= 11 is 0. The van der Waals surface area contributed by atoms with Crippen LogP contribution >= 0.6 is 0 Å². The van der Waals surface area contributed by atoms with Crippen molar-refractivity contribution >= 4 is 28.0 Å². The van der Waals surface area contributed by atoms with Crippen molar-refractivity contribution in [2.75, 3.05) is 0 Å². The van der Waals surface area contributed by atoms with E-state index in [0.29, 0.717) is 0 Å². The van der Waals surface area contributed by atoms with Gasteiger partial charge in [0.05, 0.1) is 23.3 Å². The smallest absolute Gasteiger partial charge is 0.158 e. The molecule has 0 spiro atoms. The topological polar surface area (TPSA) is 16.6 Å². The predicted octanol–water partition coefficient (Wildman–Crippen LogP) is 9.04. The maximum atomic E-state index is 15.8. The molecule has 0 amide bonds. The van der Waals surface area contributed by atoms with E-state index in [1.807, 2.05) is 0 Å². The largest absolute Gasteiger partial charge is 0.339 e. The molecule has 0 radical (unpaired) electrons. The Hall–Kier alpha value is -5.50. The van der Waals surface area contributed by atoms with Crippen LogP contribution in [-0.4, -0.2) is 6.15 Å². The highest BCUT2D eigenvalue weighted by Gasteiger charge is 2.48. The average Bonchev–Trinajstić information content (AvgIpc) is 3.20. The third kappa shape index (κ3) is 8.18. The molecule has 0 bridgehead atoms. The van der Waals surface area contributed by atoms with Crippen LogP contribution < -0.4 is 27.2 Å². The second kappa shape index (κ2) is 18.4. The number of rotatable bonds is 10. The van der Waals surface area contributed by atoms with Crippen molar-refractivity contribution in [1.82, 2.24) is 0 Å². The Morgan fingerprint density at radius 3 is 0.833 bits per heavy atom. The van der Waals surface area contributed by atoms with Gasteiger partial charge in [0, 0.05) is 11.1 Å². The summed E-state index contributed by atoms with van der Waals surface area (Å²) in [5.74, 6) is -26.3. The molecular weight excluding hydrogens is 805 g/mol. The fourth-order valence-electron chi connectivity index (χ4n) is 7.95. The zero-order valence-electron chi connectivity index (χ0n) is 33.4. The molecule has 0 aliphatic rings. The Balaban J connectivity index is 0.000000299. The van der Waals surface area contributed by atoms with Crippen LogP contribution in [0.4, 0.5) is 52.7 Å². The fraction of sp³-hybridized carbons (Fsp3) is 0.217. The van der Waals surface area contributed by atoms with Crippen LogP contribution in [0.1, 0.15) is 58.4 Å². The van der Waals surface area contributed by atoms with Crippen LogP contribution in [0.3, 0.4) is 0 Å². The summed E-state index contributed by atoms with van der Waals surface area (Å²) in [4.78, 5) is 0. The van der Waals surface area contributed by atoms with Gasteiger partial charge in [-0.25, -0.2) is 52.7 Å². The molecule has 6 rings (SSSR count). The number of hydrogen-bond acceptors (Lipinski definition) is 0. The summed E-state index contributed by atoms with van der Waals surface area (Å²) in [5.41, 5.74) is -5.91. The maximum absolute atomic E-state index is 15.8. The first kappa shape index (κ1) is 45.6. The van der Waals surface area contributed by atoms with Crippen molar-refractivity contribution in [3.63, 3.8) is 0 Å². The number of hydrogen-bond donors (Lipinski definition) is 1. The Morgan fingerprint density at radius 1 is 0.367 bits per heavy atom. The van der Waals surface area contributed by atoms with Crippen LogP contribution in [0.15, 0.2) is 72.8 Å². The number of halogens is 12. The van der Waals surface area contributed by atoms with Gasteiger partial charge in [0.2, 0.25) is 0 Å². The van der Waals surface area contributed by atoms with E-state index in [0.717, 1.165) is 53.6 Å². The first-order valence-electron chi connectivity index (χ1n) is 19.0. The van der Waals surface area contributed by atoms with Crippen molar-refractivity contribution in [2.45, 2.75) is 67.5 Å². The van der Waals surface area contributed by atoms with E-state index in [1.54, 1.807) is 0 Å². The van der Waals surface area contributed by atoms with Crippen molar-refractivity contribution < 1.29 is 58.0 Å². The first-order valence-corrected chi connectivity index (χ1v) is 19.0. The van der Waals surface area contributed by atoms with Gasteiger partial charge in [-0.05, 0) is 98.2 Å². The van der Waals surface area contributed by atoms with E-state index >= 15 is 35.1 Å². The monoisotopic (exact) mass is 845 g/mol. The molecule has 60 heavy (non-hydrogen) atoms. The van der Waals surface area contributed by atoms with Crippen LogP contribution in [0.5, 0.6) is 0 Å². The van der Waals surface area contributed by atoms with E-state index < -0.39 is 120 Å². The lowest BCUT2D eigenvalue weighted by Crippen LogP contribution is -2.81. The molecule has 6 aromatic rings. The van der Waals surface area contributed by atoms with Crippen LogP contribution in [0.2, 0.25) is 0 Å². The molecule has 1 nitrogen and oxygen atoms in total.